The van der Waals surface area contributed by atoms with Crippen LogP contribution in [0.4, 0.5) is 0 Å². The zero-order valence-corrected chi connectivity index (χ0v) is 27.2. The van der Waals surface area contributed by atoms with Crippen molar-refractivity contribution in [3.63, 3.8) is 0 Å². The van der Waals surface area contributed by atoms with Crippen LogP contribution in [0.2, 0.25) is 0 Å². The van der Waals surface area contributed by atoms with Crippen molar-refractivity contribution >= 4 is 17.0 Å². The topological polar surface area (TPSA) is 105 Å². The molecule has 0 amide bonds. The summed E-state index contributed by atoms with van der Waals surface area (Å²) in [6.07, 6.45) is 4.57. The van der Waals surface area contributed by atoms with Crippen LogP contribution < -0.4 is 0 Å². The summed E-state index contributed by atoms with van der Waals surface area (Å²) in [6, 6.07) is 14.5. The molecule has 0 fully saturated rings. The van der Waals surface area contributed by atoms with Gasteiger partial charge in [-0.15, -0.1) is 0 Å². The van der Waals surface area contributed by atoms with Crippen molar-refractivity contribution in [2.24, 2.45) is 5.16 Å². The third-order valence-corrected chi connectivity index (χ3v) is 6.15. The predicted octanol–water partition coefficient (Wildman–Crippen LogP) is 4.53. The summed E-state index contributed by atoms with van der Waals surface area (Å²) in [4.78, 5) is 5.36. The van der Waals surface area contributed by atoms with Crippen LogP contribution in [0.5, 0.6) is 0 Å². The molecule has 45 heavy (non-hydrogen) atoms. The zero-order valence-electron chi connectivity index (χ0n) is 27.2. The van der Waals surface area contributed by atoms with Crippen molar-refractivity contribution < 1.29 is 47.5 Å². The fraction of sp³-hybridized carbons (Fsp3) is 0.676. The molecule has 0 spiro atoms. The van der Waals surface area contributed by atoms with Gasteiger partial charge in [-0.1, -0.05) is 48.5 Å². The van der Waals surface area contributed by atoms with Crippen molar-refractivity contribution in [2.45, 2.75) is 26.2 Å². The third-order valence-electron chi connectivity index (χ3n) is 6.15. The van der Waals surface area contributed by atoms with Gasteiger partial charge in [-0.2, -0.15) is 0 Å². The lowest BCUT2D eigenvalue weighted by Crippen LogP contribution is -2.15. The Balaban J connectivity index is 1.19. The van der Waals surface area contributed by atoms with Gasteiger partial charge in [-0.25, -0.2) is 0 Å². The standard InChI is InChI=1S/C34H55NO10/c1-2-11-36-14-16-38-18-20-40-22-24-42-26-28-44-29-27-43-25-23-41-21-19-39-17-15-37-12-5-6-13-45-35-31-32-9-10-33-7-3-4-8-34(33)30-32/h3-4,7-10,30-31H,2,5-6,11-29H2,1H3/b35-31+. The molecule has 0 unspecified atom stereocenters. The summed E-state index contributed by atoms with van der Waals surface area (Å²) in [5.41, 5.74) is 1.02. The van der Waals surface area contributed by atoms with Crippen molar-refractivity contribution in [1.29, 1.82) is 0 Å². The molecular weight excluding hydrogens is 582 g/mol. The molecule has 2 aromatic rings. The Hall–Kier alpha value is -2.19. The lowest BCUT2D eigenvalue weighted by atomic mass is 10.1. The van der Waals surface area contributed by atoms with Gasteiger partial charge in [0.2, 0.25) is 0 Å². The molecule has 0 aliphatic rings. The minimum absolute atomic E-state index is 0.522. The second kappa shape index (κ2) is 30.5. The van der Waals surface area contributed by atoms with Crippen molar-refractivity contribution in [1.82, 2.24) is 0 Å². The number of oxime groups is 1. The van der Waals surface area contributed by atoms with Gasteiger partial charge >= 0.3 is 0 Å². The van der Waals surface area contributed by atoms with Crippen LogP contribution in [-0.4, -0.2) is 132 Å². The molecule has 0 aliphatic heterocycles. The lowest BCUT2D eigenvalue weighted by Gasteiger charge is -2.09. The molecule has 0 saturated carbocycles. The molecule has 0 bridgehead atoms. The third kappa shape index (κ3) is 23.8. The summed E-state index contributed by atoms with van der Waals surface area (Å²) >= 11 is 0. The lowest BCUT2D eigenvalue weighted by molar-refractivity contribution is -0.0250. The van der Waals surface area contributed by atoms with Crippen LogP contribution in [-0.2, 0) is 47.5 Å². The number of hydrogen-bond acceptors (Lipinski definition) is 11. The van der Waals surface area contributed by atoms with Crippen LogP contribution in [0.15, 0.2) is 47.6 Å². The number of fused-ring (bicyclic) bond motifs is 1. The van der Waals surface area contributed by atoms with Crippen molar-refractivity contribution in [2.75, 3.05) is 126 Å². The fourth-order valence-electron chi connectivity index (χ4n) is 3.82. The Morgan fingerprint density at radius 2 is 0.844 bits per heavy atom. The van der Waals surface area contributed by atoms with E-state index in [2.05, 4.69) is 36.3 Å². The first-order valence-electron chi connectivity index (χ1n) is 16.2. The van der Waals surface area contributed by atoms with Crippen molar-refractivity contribution in [3.8, 4) is 0 Å². The van der Waals surface area contributed by atoms with E-state index >= 15 is 0 Å². The number of benzene rings is 2. The van der Waals surface area contributed by atoms with Crippen LogP contribution in [0, 0.1) is 0 Å². The molecule has 0 aromatic heterocycles. The normalized spacial score (nSPS) is 11.7. The number of ether oxygens (including phenoxy) is 9. The van der Waals surface area contributed by atoms with Gasteiger partial charge in [0.25, 0.3) is 0 Å². The van der Waals surface area contributed by atoms with E-state index in [9.17, 15) is 0 Å². The zero-order chi connectivity index (χ0) is 31.7. The Labute approximate surface area is 269 Å². The van der Waals surface area contributed by atoms with Gasteiger partial charge in [0.1, 0.15) is 6.61 Å². The second-order valence-corrected chi connectivity index (χ2v) is 9.89. The summed E-state index contributed by atoms with van der Waals surface area (Å²) < 4.78 is 49.2. The highest BCUT2D eigenvalue weighted by molar-refractivity contribution is 5.90. The summed E-state index contributed by atoms with van der Waals surface area (Å²) in [5.74, 6) is 0. The first-order chi connectivity index (χ1) is 22.4. The molecule has 0 N–H and O–H groups in total. The molecule has 0 atom stereocenters. The minimum atomic E-state index is 0.522. The van der Waals surface area contributed by atoms with E-state index in [1.807, 2.05) is 18.2 Å². The summed E-state index contributed by atoms with van der Waals surface area (Å²) in [7, 11) is 0. The predicted molar refractivity (Wildman–Crippen MR) is 174 cm³/mol. The summed E-state index contributed by atoms with van der Waals surface area (Å²) in [5, 5.41) is 6.47. The first-order valence-corrected chi connectivity index (χ1v) is 16.2. The van der Waals surface area contributed by atoms with E-state index in [-0.39, 0.29) is 0 Å². The largest absolute Gasteiger partial charge is 0.396 e. The quantitative estimate of drug-likeness (QED) is 0.0630. The maximum atomic E-state index is 5.59. The SMILES string of the molecule is CCCOCCOCCOCCOCCOCCOCCOCCOCCOCCCCO/N=C/c1ccc2ccccc2c1. The van der Waals surface area contributed by atoms with Gasteiger partial charge in [0.15, 0.2) is 0 Å². The highest BCUT2D eigenvalue weighted by Gasteiger charge is 1.97. The number of nitrogens with zero attached hydrogens (tertiary/aromatic N) is 1. The Bertz CT molecular complexity index is 948. The van der Waals surface area contributed by atoms with Crippen LogP contribution >= 0.6 is 0 Å². The molecule has 0 heterocycles. The second-order valence-electron chi connectivity index (χ2n) is 9.89. The van der Waals surface area contributed by atoms with E-state index in [1.54, 1.807) is 6.21 Å². The van der Waals surface area contributed by atoms with Gasteiger partial charge in [-0.3, -0.25) is 0 Å². The van der Waals surface area contributed by atoms with Crippen LogP contribution in [0.25, 0.3) is 10.8 Å². The number of hydrogen-bond donors (Lipinski definition) is 0. The first kappa shape index (κ1) is 39.0. The average Bonchev–Trinajstić information content (AvgIpc) is 3.06. The van der Waals surface area contributed by atoms with E-state index in [0.29, 0.717) is 119 Å². The molecule has 11 heteroatoms. The van der Waals surface area contributed by atoms with E-state index < -0.39 is 0 Å². The van der Waals surface area contributed by atoms with Gasteiger partial charge in [0, 0.05) is 13.2 Å². The van der Waals surface area contributed by atoms with Gasteiger partial charge in [0.05, 0.1) is 112 Å². The summed E-state index contributed by atoms with van der Waals surface area (Å²) in [6.45, 7) is 12.9. The maximum absolute atomic E-state index is 5.59. The highest BCUT2D eigenvalue weighted by atomic mass is 16.6. The van der Waals surface area contributed by atoms with Crippen LogP contribution in [0.3, 0.4) is 0 Å². The average molecular weight is 638 g/mol. The van der Waals surface area contributed by atoms with Crippen LogP contribution in [0.1, 0.15) is 31.7 Å². The van der Waals surface area contributed by atoms with E-state index in [1.165, 1.54) is 10.8 Å². The Kier molecular flexibility index (Phi) is 26.4. The van der Waals surface area contributed by atoms with Gasteiger partial charge < -0.3 is 47.5 Å². The molecule has 0 aliphatic carbocycles. The molecule has 2 aromatic carbocycles. The molecule has 2 rings (SSSR count). The van der Waals surface area contributed by atoms with E-state index in [4.69, 9.17) is 47.5 Å². The minimum Gasteiger partial charge on any atom is -0.396 e. The smallest absolute Gasteiger partial charge is 0.117 e. The molecule has 0 saturated heterocycles. The number of unbranched alkanes of at least 4 members (excludes halogenated alkanes) is 1. The molecule has 0 radical (unpaired) electrons. The highest BCUT2D eigenvalue weighted by Crippen LogP contribution is 2.14. The van der Waals surface area contributed by atoms with E-state index in [0.717, 1.165) is 31.4 Å². The Morgan fingerprint density at radius 3 is 1.31 bits per heavy atom. The molecular formula is C34H55NO10. The monoisotopic (exact) mass is 637 g/mol. The fourth-order valence-corrected chi connectivity index (χ4v) is 3.82. The number of rotatable bonds is 33. The van der Waals surface area contributed by atoms with Gasteiger partial charge in [-0.05, 0) is 41.7 Å². The molecule has 256 valence electrons. The Morgan fingerprint density at radius 1 is 0.444 bits per heavy atom. The van der Waals surface area contributed by atoms with Crippen molar-refractivity contribution in [3.05, 3.63) is 48.0 Å². The molecule has 11 nitrogen and oxygen atoms in total. The maximum Gasteiger partial charge on any atom is 0.117 e.